The Morgan fingerprint density at radius 3 is 2.90 bits per heavy atom. The van der Waals surface area contributed by atoms with Crippen molar-refractivity contribution in [3.63, 3.8) is 0 Å². The summed E-state index contributed by atoms with van der Waals surface area (Å²) in [5, 5.41) is 0. The van der Waals surface area contributed by atoms with Gasteiger partial charge in [0, 0.05) is 26.4 Å². The Morgan fingerprint density at radius 1 is 1.30 bits per heavy atom. The summed E-state index contributed by atoms with van der Waals surface area (Å²) in [4.78, 5) is 14.5. The second-order valence-electron chi connectivity index (χ2n) is 5.66. The van der Waals surface area contributed by atoms with Crippen molar-refractivity contribution in [2.24, 2.45) is 0 Å². The molecule has 0 N–H and O–H groups in total. The summed E-state index contributed by atoms with van der Waals surface area (Å²) in [5.74, 6) is -0.234. The lowest BCUT2D eigenvalue weighted by Crippen LogP contribution is -2.27. The van der Waals surface area contributed by atoms with Crippen molar-refractivity contribution >= 4 is 11.7 Å². The van der Waals surface area contributed by atoms with Crippen LogP contribution in [-0.2, 0) is 15.9 Å². The molecule has 1 heterocycles. The summed E-state index contributed by atoms with van der Waals surface area (Å²) in [6.45, 7) is 1.02. The zero-order valence-electron chi connectivity index (χ0n) is 12.1. The van der Waals surface area contributed by atoms with Crippen molar-refractivity contribution < 1.29 is 14.3 Å². The quantitative estimate of drug-likeness (QED) is 0.794. The maximum atomic E-state index is 12.3. The number of esters is 1. The number of likely N-dealkylation sites (N-methyl/N-ethyl adjacent to an activating group) is 1. The fourth-order valence-corrected chi connectivity index (χ4v) is 3.17. The topological polar surface area (TPSA) is 38.8 Å². The fraction of sp³-hybridized carbons (Fsp3) is 0.562. The molecule has 3 rings (SSSR count). The molecule has 1 aromatic carbocycles. The molecule has 0 aromatic heterocycles. The average Bonchev–Trinajstić information content (AvgIpc) is 3.05. The van der Waals surface area contributed by atoms with Crippen molar-refractivity contribution in [3.8, 4) is 0 Å². The Morgan fingerprint density at radius 2 is 2.10 bits per heavy atom. The molecule has 1 fully saturated rings. The SMILES string of the molecule is CO[C@H]1CCC[C@@H]1OC(=O)c1ccc2c(c1)N(C)CC2. The second kappa shape index (κ2) is 5.44. The number of carbonyl (C=O) groups is 1. The molecular formula is C16H21NO3. The van der Waals surface area contributed by atoms with E-state index in [-0.39, 0.29) is 18.2 Å². The summed E-state index contributed by atoms with van der Waals surface area (Å²) in [7, 11) is 3.74. The van der Waals surface area contributed by atoms with Gasteiger partial charge in [-0.3, -0.25) is 0 Å². The number of hydrogen-bond donors (Lipinski definition) is 0. The highest BCUT2D eigenvalue weighted by atomic mass is 16.6. The maximum absolute atomic E-state index is 12.3. The van der Waals surface area contributed by atoms with Crippen molar-refractivity contribution in [2.45, 2.75) is 37.9 Å². The van der Waals surface area contributed by atoms with E-state index < -0.39 is 0 Å². The molecule has 20 heavy (non-hydrogen) atoms. The van der Waals surface area contributed by atoms with E-state index in [1.807, 2.05) is 18.2 Å². The number of carbonyl (C=O) groups excluding carboxylic acids is 1. The van der Waals surface area contributed by atoms with Crippen LogP contribution in [0.2, 0.25) is 0 Å². The first kappa shape index (κ1) is 13.4. The summed E-state index contributed by atoms with van der Waals surface area (Å²) in [5.41, 5.74) is 3.09. The van der Waals surface area contributed by atoms with Gasteiger partial charge in [0.1, 0.15) is 6.10 Å². The lowest BCUT2D eigenvalue weighted by Gasteiger charge is -2.19. The number of anilines is 1. The molecule has 0 spiro atoms. The van der Waals surface area contributed by atoms with Crippen LogP contribution >= 0.6 is 0 Å². The van der Waals surface area contributed by atoms with Crippen molar-refractivity contribution in [1.29, 1.82) is 0 Å². The Labute approximate surface area is 119 Å². The Bertz CT molecular complexity index is 514. The Hall–Kier alpha value is -1.55. The minimum atomic E-state index is -0.234. The summed E-state index contributed by atoms with van der Waals surface area (Å²) in [6, 6.07) is 5.86. The summed E-state index contributed by atoms with van der Waals surface area (Å²) < 4.78 is 11.0. The van der Waals surface area contributed by atoms with E-state index in [1.54, 1.807) is 7.11 Å². The molecule has 0 radical (unpaired) electrons. The zero-order chi connectivity index (χ0) is 14.1. The number of hydrogen-bond acceptors (Lipinski definition) is 4. The first-order chi connectivity index (χ1) is 9.69. The molecule has 2 atom stereocenters. The molecule has 4 heteroatoms. The second-order valence-corrected chi connectivity index (χ2v) is 5.66. The molecule has 4 nitrogen and oxygen atoms in total. The molecule has 0 amide bonds. The third-order valence-electron chi connectivity index (χ3n) is 4.40. The molecule has 0 saturated heterocycles. The molecule has 0 unspecified atom stereocenters. The molecule has 1 aliphatic heterocycles. The van der Waals surface area contributed by atoms with Gasteiger partial charge in [-0.25, -0.2) is 4.79 Å². The highest BCUT2D eigenvalue weighted by Gasteiger charge is 2.31. The van der Waals surface area contributed by atoms with Crippen molar-refractivity contribution in [3.05, 3.63) is 29.3 Å². The lowest BCUT2D eigenvalue weighted by molar-refractivity contribution is -0.0206. The highest BCUT2D eigenvalue weighted by molar-refractivity contribution is 5.91. The van der Waals surface area contributed by atoms with Crippen LogP contribution in [0.5, 0.6) is 0 Å². The first-order valence-corrected chi connectivity index (χ1v) is 7.27. The van der Waals surface area contributed by atoms with E-state index >= 15 is 0 Å². The van der Waals surface area contributed by atoms with Crippen LogP contribution in [0.3, 0.4) is 0 Å². The minimum Gasteiger partial charge on any atom is -0.456 e. The molecule has 0 bridgehead atoms. The number of rotatable bonds is 3. The van der Waals surface area contributed by atoms with Gasteiger partial charge >= 0.3 is 5.97 Å². The van der Waals surface area contributed by atoms with E-state index in [2.05, 4.69) is 11.9 Å². The van der Waals surface area contributed by atoms with Crippen LogP contribution in [0.15, 0.2) is 18.2 Å². The van der Waals surface area contributed by atoms with Crippen LogP contribution in [0.1, 0.15) is 35.2 Å². The van der Waals surface area contributed by atoms with Crippen LogP contribution in [0.4, 0.5) is 5.69 Å². The lowest BCUT2D eigenvalue weighted by atomic mass is 10.1. The van der Waals surface area contributed by atoms with Gasteiger partial charge in [0.25, 0.3) is 0 Å². The zero-order valence-corrected chi connectivity index (χ0v) is 12.1. The van der Waals surface area contributed by atoms with Crippen LogP contribution < -0.4 is 4.90 Å². The minimum absolute atomic E-state index is 0.0519. The van der Waals surface area contributed by atoms with Crippen LogP contribution in [0.25, 0.3) is 0 Å². The van der Waals surface area contributed by atoms with Gasteiger partial charge in [0.15, 0.2) is 0 Å². The normalized spacial score (nSPS) is 24.8. The number of nitrogens with zero attached hydrogens (tertiary/aromatic N) is 1. The number of methoxy groups -OCH3 is 1. The van der Waals surface area contributed by atoms with E-state index in [0.717, 1.165) is 37.9 Å². The van der Waals surface area contributed by atoms with Gasteiger partial charge in [0.05, 0.1) is 11.7 Å². The highest BCUT2D eigenvalue weighted by Crippen LogP contribution is 2.29. The van der Waals surface area contributed by atoms with Gasteiger partial charge in [0.2, 0.25) is 0 Å². The molecule has 108 valence electrons. The van der Waals surface area contributed by atoms with Crippen molar-refractivity contribution in [2.75, 3.05) is 25.6 Å². The molecule has 1 aliphatic carbocycles. The van der Waals surface area contributed by atoms with Gasteiger partial charge in [-0.2, -0.15) is 0 Å². The predicted octanol–water partition coefficient (Wildman–Crippen LogP) is 2.40. The maximum Gasteiger partial charge on any atom is 0.338 e. The van der Waals surface area contributed by atoms with Crippen LogP contribution in [0, 0.1) is 0 Å². The van der Waals surface area contributed by atoms with Gasteiger partial charge < -0.3 is 14.4 Å². The third-order valence-corrected chi connectivity index (χ3v) is 4.40. The van der Waals surface area contributed by atoms with E-state index in [0.29, 0.717) is 5.56 Å². The molecule has 2 aliphatic rings. The van der Waals surface area contributed by atoms with E-state index in [9.17, 15) is 4.79 Å². The van der Waals surface area contributed by atoms with E-state index in [4.69, 9.17) is 9.47 Å². The predicted molar refractivity (Wildman–Crippen MR) is 77.3 cm³/mol. The van der Waals surface area contributed by atoms with Gasteiger partial charge in [-0.15, -0.1) is 0 Å². The third kappa shape index (κ3) is 2.40. The van der Waals surface area contributed by atoms with Crippen LogP contribution in [-0.4, -0.2) is 38.9 Å². The Balaban J connectivity index is 1.73. The summed E-state index contributed by atoms with van der Waals surface area (Å²) in [6.07, 6.45) is 3.93. The molecule has 1 saturated carbocycles. The monoisotopic (exact) mass is 275 g/mol. The number of ether oxygens (including phenoxy) is 2. The fourth-order valence-electron chi connectivity index (χ4n) is 3.17. The smallest absolute Gasteiger partial charge is 0.338 e. The summed E-state index contributed by atoms with van der Waals surface area (Å²) >= 11 is 0. The van der Waals surface area contributed by atoms with Gasteiger partial charge in [-0.05, 0) is 43.4 Å². The molecule has 1 aromatic rings. The Kier molecular flexibility index (Phi) is 3.66. The number of fused-ring (bicyclic) bond motifs is 1. The first-order valence-electron chi connectivity index (χ1n) is 7.27. The molecular weight excluding hydrogens is 254 g/mol. The standard InChI is InChI=1S/C16H21NO3/c1-17-9-8-11-6-7-12(10-13(11)17)16(18)20-15-5-3-4-14(15)19-2/h6-7,10,14-15H,3-5,8-9H2,1-2H3/t14-,15-/m0/s1. The largest absolute Gasteiger partial charge is 0.456 e. The van der Waals surface area contributed by atoms with Crippen molar-refractivity contribution in [1.82, 2.24) is 0 Å². The van der Waals surface area contributed by atoms with Gasteiger partial charge in [-0.1, -0.05) is 6.07 Å². The van der Waals surface area contributed by atoms with E-state index in [1.165, 1.54) is 5.56 Å². The number of benzene rings is 1. The average molecular weight is 275 g/mol.